The molecule has 19 heavy (non-hydrogen) atoms. The van der Waals surface area contributed by atoms with Gasteiger partial charge in [0.15, 0.2) is 0 Å². The quantitative estimate of drug-likeness (QED) is 0.881. The molecule has 0 aliphatic heterocycles. The molecule has 0 saturated heterocycles. The third-order valence-electron chi connectivity index (χ3n) is 2.72. The van der Waals surface area contributed by atoms with E-state index >= 15 is 0 Å². The summed E-state index contributed by atoms with van der Waals surface area (Å²) < 4.78 is 5.24. The molecular weight excluding hydrogens is 260 g/mol. The number of para-hydroxylation sites is 1. The molecule has 0 radical (unpaired) electrons. The van der Waals surface area contributed by atoms with Crippen molar-refractivity contribution in [3.8, 4) is 5.75 Å². The maximum Gasteiger partial charge on any atom is 0.220 e. The van der Waals surface area contributed by atoms with Crippen LogP contribution in [0, 0.1) is 0 Å². The maximum atomic E-state index is 11.7. The number of carbonyl (C=O) groups excluding carboxylic acids is 1. The third kappa shape index (κ3) is 4.06. The molecule has 0 saturated carbocycles. The topological polar surface area (TPSA) is 51.2 Å². The number of rotatable bonds is 6. The van der Waals surface area contributed by atoms with E-state index in [0.717, 1.165) is 16.3 Å². The Hall–Kier alpha value is -1.88. The van der Waals surface area contributed by atoms with E-state index in [1.54, 1.807) is 24.6 Å². The van der Waals surface area contributed by atoms with Crippen LogP contribution in [0.25, 0.3) is 0 Å². The number of thiazole rings is 1. The summed E-state index contributed by atoms with van der Waals surface area (Å²) in [5.41, 5.74) is 0.979. The highest BCUT2D eigenvalue weighted by atomic mass is 32.1. The molecule has 0 atom stereocenters. The number of methoxy groups -OCH3 is 1. The molecule has 0 unspecified atom stereocenters. The van der Waals surface area contributed by atoms with Gasteiger partial charge in [0.25, 0.3) is 0 Å². The Morgan fingerprint density at radius 2 is 2.26 bits per heavy atom. The molecule has 0 bridgehead atoms. The Labute approximate surface area is 116 Å². The van der Waals surface area contributed by atoms with Gasteiger partial charge in [0.1, 0.15) is 5.75 Å². The average molecular weight is 276 g/mol. The highest BCUT2D eigenvalue weighted by Gasteiger charge is 2.06. The van der Waals surface area contributed by atoms with Crippen molar-refractivity contribution in [3.05, 3.63) is 46.4 Å². The fourth-order valence-electron chi connectivity index (χ4n) is 1.73. The number of benzene rings is 1. The van der Waals surface area contributed by atoms with Gasteiger partial charge >= 0.3 is 0 Å². The minimum atomic E-state index is 0.0288. The summed E-state index contributed by atoms with van der Waals surface area (Å²) in [6.45, 7) is 0.487. The lowest BCUT2D eigenvalue weighted by Crippen LogP contribution is -2.23. The Morgan fingerprint density at radius 3 is 3.00 bits per heavy atom. The van der Waals surface area contributed by atoms with Gasteiger partial charge in [-0.25, -0.2) is 4.98 Å². The van der Waals surface area contributed by atoms with Crippen LogP contribution in [-0.4, -0.2) is 18.0 Å². The summed E-state index contributed by atoms with van der Waals surface area (Å²) in [6.07, 6.45) is 2.91. The van der Waals surface area contributed by atoms with Crippen molar-refractivity contribution in [2.24, 2.45) is 0 Å². The van der Waals surface area contributed by atoms with Crippen molar-refractivity contribution in [2.75, 3.05) is 7.11 Å². The van der Waals surface area contributed by atoms with Crippen molar-refractivity contribution in [1.29, 1.82) is 0 Å². The van der Waals surface area contributed by atoms with Crippen LogP contribution in [0.3, 0.4) is 0 Å². The zero-order valence-corrected chi connectivity index (χ0v) is 11.6. The van der Waals surface area contributed by atoms with E-state index in [9.17, 15) is 4.79 Å². The molecule has 0 aliphatic rings. The molecule has 1 amide bonds. The van der Waals surface area contributed by atoms with E-state index < -0.39 is 0 Å². The lowest BCUT2D eigenvalue weighted by molar-refractivity contribution is -0.121. The lowest BCUT2D eigenvalue weighted by atomic mass is 10.2. The molecule has 1 N–H and O–H groups in total. The molecule has 1 heterocycles. The Balaban J connectivity index is 1.80. The van der Waals surface area contributed by atoms with Crippen molar-refractivity contribution < 1.29 is 9.53 Å². The molecule has 0 fully saturated rings. The van der Waals surface area contributed by atoms with Gasteiger partial charge < -0.3 is 10.1 Å². The molecule has 2 rings (SSSR count). The summed E-state index contributed by atoms with van der Waals surface area (Å²) in [7, 11) is 1.63. The van der Waals surface area contributed by atoms with Crippen molar-refractivity contribution in [1.82, 2.24) is 10.3 Å². The Bertz CT molecular complexity index is 526. The van der Waals surface area contributed by atoms with Crippen LogP contribution >= 0.6 is 11.3 Å². The van der Waals surface area contributed by atoms with Gasteiger partial charge in [-0.15, -0.1) is 11.3 Å². The standard InChI is InChI=1S/C14H16N2O2S/c1-18-12-5-3-2-4-11(12)10-16-13(17)6-7-14-15-8-9-19-14/h2-5,8-9H,6-7,10H2,1H3,(H,16,17). The van der Waals surface area contributed by atoms with Gasteiger partial charge in [-0.1, -0.05) is 18.2 Å². The molecule has 1 aromatic carbocycles. The van der Waals surface area contributed by atoms with Gasteiger partial charge in [0.2, 0.25) is 5.91 Å². The van der Waals surface area contributed by atoms with E-state index in [1.165, 1.54) is 0 Å². The number of nitrogens with one attached hydrogen (secondary N) is 1. The summed E-state index contributed by atoms with van der Waals surface area (Å²) in [6, 6.07) is 7.67. The van der Waals surface area contributed by atoms with E-state index in [1.807, 2.05) is 29.6 Å². The molecule has 0 aliphatic carbocycles. The predicted octanol–water partition coefficient (Wildman–Crippen LogP) is 2.40. The fourth-order valence-corrected chi connectivity index (χ4v) is 2.35. The molecule has 0 spiro atoms. The van der Waals surface area contributed by atoms with Gasteiger partial charge in [-0.2, -0.15) is 0 Å². The summed E-state index contributed by atoms with van der Waals surface area (Å²) in [4.78, 5) is 15.9. The molecular formula is C14H16N2O2S. The van der Waals surface area contributed by atoms with Gasteiger partial charge in [0.05, 0.1) is 12.1 Å². The Morgan fingerprint density at radius 1 is 1.42 bits per heavy atom. The Kier molecular flexibility index (Phi) is 4.92. The van der Waals surface area contributed by atoms with Crippen LogP contribution in [0.15, 0.2) is 35.8 Å². The predicted molar refractivity (Wildman–Crippen MR) is 75.3 cm³/mol. The highest BCUT2D eigenvalue weighted by molar-refractivity contribution is 7.09. The maximum absolute atomic E-state index is 11.7. The minimum Gasteiger partial charge on any atom is -0.496 e. The lowest BCUT2D eigenvalue weighted by Gasteiger charge is -2.09. The second-order valence-electron chi connectivity index (χ2n) is 4.01. The second kappa shape index (κ2) is 6.89. The van der Waals surface area contributed by atoms with Crippen LogP contribution in [-0.2, 0) is 17.8 Å². The molecule has 100 valence electrons. The second-order valence-corrected chi connectivity index (χ2v) is 4.99. The van der Waals surface area contributed by atoms with Gasteiger partial charge in [-0.05, 0) is 6.07 Å². The number of ether oxygens (including phenoxy) is 1. The van der Waals surface area contributed by atoms with Crippen molar-refractivity contribution >= 4 is 17.2 Å². The smallest absolute Gasteiger partial charge is 0.220 e. The molecule has 5 heteroatoms. The SMILES string of the molecule is COc1ccccc1CNC(=O)CCc1nccs1. The fraction of sp³-hybridized carbons (Fsp3) is 0.286. The minimum absolute atomic E-state index is 0.0288. The van der Waals surface area contributed by atoms with Crippen LogP contribution in [0.2, 0.25) is 0 Å². The average Bonchev–Trinajstić information content (AvgIpc) is 2.96. The van der Waals surface area contributed by atoms with Crippen molar-refractivity contribution in [3.63, 3.8) is 0 Å². The number of amides is 1. The molecule has 2 aromatic rings. The molecule has 1 aromatic heterocycles. The van der Waals surface area contributed by atoms with E-state index in [0.29, 0.717) is 19.4 Å². The molecule has 4 nitrogen and oxygen atoms in total. The first kappa shape index (κ1) is 13.5. The summed E-state index contributed by atoms with van der Waals surface area (Å²) in [5.74, 6) is 0.823. The van der Waals surface area contributed by atoms with Crippen molar-refractivity contribution in [2.45, 2.75) is 19.4 Å². The number of hydrogen-bond donors (Lipinski definition) is 1. The first-order chi connectivity index (χ1) is 9.29. The van der Waals surface area contributed by atoms with E-state index in [-0.39, 0.29) is 5.91 Å². The first-order valence-electron chi connectivity index (χ1n) is 6.06. The van der Waals surface area contributed by atoms with Gasteiger partial charge in [0, 0.05) is 36.5 Å². The first-order valence-corrected chi connectivity index (χ1v) is 6.94. The number of aromatic nitrogens is 1. The van der Waals surface area contributed by atoms with E-state index in [2.05, 4.69) is 10.3 Å². The number of carbonyl (C=O) groups is 1. The van der Waals surface area contributed by atoms with Crippen LogP contribution in [0.4, 0.5) is 0 Å². The number of hydrogen-bond acceptors (Lipinski definition) is 4. The largest absolute Gasteiger partial charge is 0.496 e. The highest BCUT2D eigenvalue weighted by Crippen LogP contribution is 2.16. The normalized spacial score (nSPS) is 10.2. The summed E-state index contributed by atoms with van der Waals surface area (Å²) >= 11 is 1.57. The monoisotopic (exact) mass is 276 g/mol. The van der Waals surface area contributed by atoms with Crippen LogP contribution < -0.4 is 10.1 Å². The van der Waals surface area contributed by atoms with Gasteiger partial charge in [-0.3, -0.25) is 4.79 Å². The number of aryl methyl sites for hydroxylation is 1. The zero-order chi connectivity index (χ0) is 13.5. The summed E-state index contributed by atoms with van der Waals surface area (Å²) in [5, 5.41) is 5.81. The van der Waals surface area contributed by atoms with Crippen LogP contribution in [0.5, 0.6) is 5.75 Å². The number of nitrogens with zero attached hydrogens (tertiary/aromatic N) is 1. The van der Waals surface area contributed by atoms with E-state index in [4.69, 9.17) is 4.74 Å². The van der Waals surface area contributed by atoms with Crippen LogP contribution in [0.1, 0.15) is 17.0 Å². The zero-order valence-electron chi connectivity index (χ0n) is 10.8. The third-order valence-corrected chi connectivity index (χ3v) is 3.56.